The van der Waals surface area contributed by atoms with E-state index in [-0.39, 0.29) is 34.8 Å². The third kappa shape index (κ3) is 2.39. The average molecular weight is 313 g/mol. The number of nitrogens with two attached hydrogens (primary N) is 1. The zero-order valence-electron chi connectivity index (χ0n) is 12.3. The Labute approximate surface area is 131 Å². The lowest BCUT2D eigenvalue weighted by atomic mass is 10.0. The Morgan fingerprint density at radius 3 is 2.48 bits per heavy atom. The van der Waals surface area contributed by atoms with Gasteiger partial charge in [0.2, 0.25) is 11.2 Å². The van der Waals surface area contributed by atoms with Crippen LogP contribution in [0.1, 0.15) is 11.1 Å². The number of aryl methyl sites for hydroxylation is 1. The standard InChI is InChI=1S/C17H15NO5/c1-8-4-10(7-18)16-11(5-8)14(21)15(22)17(23-16)9-2-3-12(19)13(20)6-9/h2-6,19-20,22H,7,18H2,1H3. The predicted octanol–water partition coefficient (Wildman–Crippen LogP) is 2.34. The van der Waals surface area contributed by atoms with Crippen molar-refractivity contribution >= 4 is 11.0 Å². The summed E-state index contributed by atoms with van der Waals surface area (Å²) in [7, 11) is 0. The Bertz CT molecular complexity index is 975. The predicted molar refractivity (Wildman–Crippen MR) is 85.5 cm³/mol. The second kappa shape index (κ2) is 5.33. The number of hydrogen-bond donors (Lipinski definition) is 4. The van der Waals surface area contributed by atoms with Gasteiger partial charge in [-0.05, 0) is 36.8 Å². The number of aromatic hydroxyl groups is 3. The largest absolute Gasteiger partial charge is 0.504 e. The van der Waals surface area contributed by atoms with E-state index in [0.29, 0.717) is 11.1 Å². The summed E-state index contributed by atoms with van der Waals surface area (Å²) in [5, 5.41) is 29.4. The van der Waals surface area contributed by atoms with Gasteiger partial charge in [0.25, 0.3) is 0 Å². The summed E-state index contributed by atoms with van der Waals surface area (Å²) in [4.78, 5) is 12.4. The van der Waals surface area contributed by atoms with Gasteiger partial charge in [0, 0.05) is 17.7 Å². The molecule has 23 heavy (non-hydrogen) atoms. The second-order valence-electron chi connectivity index (χ2n) is 5.32. The molecule has 0 spiro atoms. The fraction of sp³-hybridized carbons (Fsp3) is 0.118. The van der Waals surface area contributed by atoms with Gasteiger partial charge in [0.1, 0.15) is 5.58 Å². The highest BCUT2D eigenvalue weighted by Gasteiger charge is 2.18. The summed E-state index contributed by atoms with van der Waals surface area (Å²) in [5.74, 6) is -1.34. The van der Waals surface area contributed by atoms with E-state index in [1.807, 2.05) is 6.92 Å². The molecule has 0 aliphatic heterocycles. The fourth-order valence-electron chi connectivity index (χ4n) is 2.53. The number of rotatable bonds is 2. The van der Waals surface area contributed by atoms with Crippen molar-refractivity contribution in [3.63, 3.8) is 0 Å². The summed E-state index contributed by atoms with van der Waals surface area (Å²) in [6.07, 6.45) is 0. The van der Waals surface area contributed by atoms with Crippen molar-refractivity contribution in [1.82, 2.24) is 0 Å². The topological polar surface area (TPSA) is 117 Å². The molecule has 1 aromatic heterocycles. The molecule has 2 aromatic carbocycles. The first kappa shape index (κ1) is 14.9. The molecular weight excluding hydrogens is 298 g/mol. The van der Waals surface area contributed by atoms with Crippen LogP contribution >= 0.6 is 0 Å². The van der Waals surface area contributed by atoms with Crippen LogP contribution in [0, 0.1) is 6.92 Å². The third-order valence-corrected chi connectivity index (χ3v) is 3.65. The van der Waals surface area contributed by atoms with Crippen LogP contribution in [-0.2, 0) is 6.54 Å². The Balaban J connectivity index is 2.38. The first-order valence-electron chi connectivity index (χ1n) is 6.94. The van der Waals surface area contributed by atoms with Gasteiger partial charge in [-0.3, -0.25) is 4.79 Å². The molecule has 6 heteroatoms. The van der Waals surface area contributed by atoms with Gasteiger partial charge in [-0.1, -0.05) is 6.07 Å². The zero-order valence-corrected chi connectivity index (χ0v) is 12.3. The minimum absolute atomic E-state index is 0.0867. The Kier molecular flexibility index (Phi) is 3.46. The molecule has 5 N–H and O–H groups in total. The molecule has 0 atom stereocenters. The van der Waals surface area contributed by atoms with Crippen molar-refractivity contribution in [1.29, 1.82) is 0 Å². The van der Waals surface area contributed by atoms with Crippen molar-refractivity contribution in [3.05, 3.63) is 51.7 Å². The molecule has 0 saturated carbocycles. The van der Waals surface area contributed by atoms with Crippen LogP contribution in [0.3, 0.4) is 0 Å². The minimum Gasteiger partial charge on any atom is -0.504 e. The van der Waals surface area contributed by atoms with Crippen molar-refractivity contribution < 1.29 is 19.7 Å². The van der Waals surface area contributed by atoms with E-state index in [0.717, 1.165) is 5.56 Å². The maximum absolute atomic E-state index is 12.4. The maximum Gasteiger partial charge on any atom is 0.235 e. The van der Waals surface area contributed by atoms with E-state index >= 15 is 0 Å². The Morgan fingerprint density at radius 1 is 1.09 bits per heavy atom. The molecule has 0 saturated heterocycles. The summed E-state index contributed by atoms with van der Waals surface area (Å²) in [5.41, 5.74) is 7.16. The fourth-order valence-corrected chi connectivity index (χ4v) is 2.53. The van der Waals surface area contributed by atoms with Gasteiger partial charge in [-0.25, -0.2) is 0 Å². The molecule has 0 unspecified atom stereocenters. The number of fused-ring (bicyclic) bond motifs is 1. The first-order valence-corrected chi connectivity index (χ1v) is 6.94. The Hall–Kier alpha value is -2.99. The van der Waals surface area contributed by atoms with Crippen LogP contribution in [0.25, 0.3) is 22.3 Å². The first-order chi connectivity index (χ1) is 10.9. The van der Waals surface area contributed by atoms with E-state index in [4.69, 9.17) is 10.2 Å². The van der Waals surface area contributed by atoms with Crippen LogP contribution in [0.4, 0.5) is 0 Å². The highest BCUT2D eigenvalue weighted by Crippen LogP contribution is 2.35. The van der Waals surface area contributed by atoms with E-state index in [1.165, 1.54) is 18.2 Å². The number of phenols is 2. The molecule has 0 aliphatic rings. The van der Waals surface area contributed by atoms with Gasteiger partial charge < -0.3 is 25.5 Å². The van der Waals surface area contributed by atoms with E-state index < -0.39 is 11.2 Å². The minimum atomic E-state index is -0.577. The zero-order chi connectivity index (χ0) is 16.7. The van der Waals surface area contributed by atoms with Gasteiger partial charge >= 0.3 is 0 Å². The van der Waals surface area contributed by atoms with Crippen LogP contribution in [0.15, 0.2) is 39.5 Å². The molecule has 0 bridgehead atoms. The van der Waals surface area contributed by atoms with E-state index in [1.54, 1.807) is 12.1 Å². The number of phenolic OH excluding ortho intramolecular Hbond substituents is 2. The number of hydrogen-bond acceptors (Lipinski definition) is 6. The molecule has 6 nitrogen and oxygen atoms in total. The lowest BCUT2D eigenvalue weighted by molar-refractivity contribution is 0.403. The van der Waals surface area contributed by atoms with Crippen molar-refractivity contribution in [2.45, 2.75) is 13.5 Å². The normalized spacial score (nSPS) is 11.0. The van der Waals surface area contributed by atoms with E-state index in [9.17, 15) is 20.1 Å². The van der Waals surface area contributed by atoms with Crippen molar-refractivity contribution in [2.75, 3.05) is 0 Å². The van der Waals surface area contributed by atoms with Gasteiger partial charge in [0.15, 0.2) is 17.3 Å². The molecule has 3 rings (SSSR count). The van der Waals surface area contributed by atoms with Crippen LogP contribution in [0.2, 0.25) is 0 Å². The summed E-state index contributed by atoms with van der Waals surface area (Å²) in [6, 6.07) is 7.30. The molecule has 3 aromatic rings. The molecule has 0 radical (unpaired) electrons. The highest BCUT2D eigenvalue weighted by molar-refractivity contribution is 5.85. The maximum atomic E-state index is 12.4. The molecule has 1 heterocycles. The monoisotopic (exact) mass is 313 g/mol. The number of benzene rings is 2. The van der Waals surface area contributed by atoms with Gasteiger partial charge in [0.05, 0.1) is 5.39 Å². The van der Waals surface area contributed by atoms with Crippen LogP contribution < -0.4 is 11.2 Å². The average Bonchev–Trinajstić information content (AvgIpc) is 2.53. The quantitative estimate of drug-likeness (QED) is 0.539. The molecule has 0 aliphatic carbocycles. The lowest BCUT2D eigenvalue weighted by Gasteiger charge is -2.10. The van der Waals surface area contributed by atoms with Gasteiger partial charge in [-0.15, -0.1) is 0 Å². The Morgan fingerprint density at radius 2 is 1.83 bits per heavy atom. The summed E-state index contributed by atoms with van der Waals surface area (Å²) < 4.78 is 5.71. The van der Waals surface area contributed by atoms with E-state index in [2.05, 4.69) is 0 Å². The van der Waals surface area contributed by atoms with Gasteiger partial charge in [-0.2, -0.15) is 0 Å². The highest BCUT2D eigenvalue weighted by atomic mass is 16.4. The SMILES string of the molecule is Cc1cc(CN)c2oc(-c3ccc(O)c(O)c3)c(O)c(=O)c2c1. The van der Waals surface area contributed by atoms with Crippen molar-refractivity contribution in [2.24, 2.45) is 5.73 Å². The molecule has 118 valence electrons. The smallest absolute Gasteiger partial charge is 0.235 e. The summed E-state index contributed by atoms with van der Waals surface area (Å²) >= 11 is 0. The molecular formula is C17H15NO5. The van der Waals surface area contributed by atoms with Crippen molar-refractivity contribution in [3.8, 4) is 28.6 Å². The lowest BCUT2D eigenvalue weighted by Crippen LogP contribution is -2.06. The third-order valence-electron chi connectivity index (χ3n) is 3.65. The summed E-state index contributed by atoms with van der Waals surface area (Å²) in [6.45, 7) is 1.99. The second-order valence-corrected chi connectivity index (χ2v) is 5.32. The van der Waals surface area contributed by atoms with Crippen LogP contribution in [-0.4, -0.2) is 15.3 Å². The van der Waals surface area contributed by atoms with Crippen LogP contribution in [0.5, 0.6) is 17.2 Å². The molecule has 0 fully saturated rings. The molecule has 0 amide bonds.